The maximum atomic E-state index is 12.7. The van der Waals surface area contributed by atoms with Gasteiger partial charge in [-0.15, -0.1) is 0 Å². The molecule has 3 heterocycles. The van der Waals surface area contributed by atoms with Gasteiger partial charge in [-0.1, -0.05) is 18.2 Å². The lowest BCUT2D eigenvalue weighted by Gasteiger charge is -2.34. The Hall–Kier alpha value is -3.78. The van der Waals surface area contributed by atoms with Crippen molar-refractivity contribution in [2.75, 3.05) is 18.0 Å². The summed E-state index contributed by atoms with van der Waals surface area (Å²) in [6, 6.07) is 13.2. The molecule has 8 nitrogen and oxygen atoms in total. The maximum Gasteiger partial charge on any atom is 0.270 e. The van der Waals surface area contributed by atoms with E-state index >= 15 is 0 Å². The molecule has 0 radical (unpaired) electrons. The Balaban J connectivity index is 1.38. The molecule has 0 unspecified atom stereocenters. The van der Waals surface area contributed by atoms with Gasteiger partial charge in [-0.2, -0.15) is 0 Å². The number of amides is 2. The number of piperidine rings is 1. The van der Waals surface area contributed by atoms with Crippen molar-refractivity contribution >= 4 is 34.5 Å². The minimum absolute atomic E-state index is 0.0709. The Labute approximate surface area is 179 Å². The molecule has 2 amide bonds. The number of nitrogens with zero attached hydrogens (tertiary/aromatic N) is 3. The Morgan fingerprint density at radius 3 is 2.71 bits per heavy atom. The number of hydrogen-bond acceptors (Lipinski definition) is 6. The van der Waals surface area contributed by atoms with Crippen molar-refractivity contribution < 1.29 is 14.8 Å². The number of hydrogen-bond donors (Lipinski definition) is 3. The second-order valence-electron chi connectivity index (χ2n) is 7.37. The molecule has 1 aliphatic rings. The summed E-state index contributed by atoms with van der Waals surface area (Å²) in [6.45, 7) is 1.55. The molecule has 1 aliphatic heterocycles. The van der Waals surface area contributed by atoms with Crippen LogP contribution in [0.2, 0.25) is 0 Å². The van der Waals surface area contributed by atoms with Crippen LogP contribution in [0.25, 0.3) is 17.0 Å². The van der Waals surface area contributed by atoms with Crippen LogP contribution in [0.3, 0.4) is 0 Å². The molecule has 0 spiro atoms. The molecule has 0 atom stereocenters. The summed E-state index contributed by atoms with van der Waals surface area (Å²) in [7, 11) is 0. The number of rotatable bonds is 5. The van der Waals surface area contributed by atoms with E-state index < -0.39 is 5.91 Å². The smallest absolute Gasteiger partial charge is 0.270 e. The van der Waals surface area contributed by atoms with Gasteiger partial charge in [0.2, 0.25) is 0 Å². The first kappa shape index (κ1) is 20.5. The Morgan fingerprint density at radius 1 is 1.10 bits per heavy atom. The lowest BCUT2D eigenvalue weighted by Crippen LogP contribution is -2.45. The van der Waals surface area contributed by atoms with Crippen LogP contribution in [0.1, 0.15) is 28.9 Å². The van der Waals surface area contributed by atoms with E-state index in [4.69, 9.17) is 5.21 Å². The van der Waals surface area contributed by atoms with E-state index in [0.717, 1.165) is 48.1 Å². The van der Waals surface area contributed by atoms with Gasteiger partial charge in [0.1, 0.15) is 5.69 Å². The van der Waals surface area contributed by atoms with Gasteiger partial charge < -0.3 is 10.2 Å². The summed E-state index contributed by atoms with van der Waals surface area (Å²) in [5.74, 6) is -0.745. The molecule has 1 aromatic carbocycles. The number of fused-ring (bicyclic) bond motifs is 1. The Morgan fingerprint density at radius 2 is 1.90 bits per heavy atom. The molecule has 1 fully saturated rings. The molecular weight excluding hydrogens is 394 g/mol. The molecule has 8 heteroatoms. The third-order valence-corrected chi connectivity index (χ3v) is 5.35. The first-order valence-electron chi connectivity index (χ1n) is 10.1. The van der Waals surface area contributed by atoms with Crippen molar-refractivity contribution in [3.05, 3.63) is 72.2 Å². The minimum atomic E-state index is -0.574. The van der Waals surface area contributed by atoms with Crippen LogP contribution < -0.4 is 15.7 Å². The number of hydroxylamine groups is 1. The van der Waals surface area contributed by atoms with Crippen molar-refractivity contribution in [3.8, 4) is 0 Å². The van der Waals surface area contributed by atoms with Crippen LogP contribution in [0.4, 0.5) is 5.69 Å². The predicted molar refractivity (Wildman–Crippen MR) is 118 cm³/mol. The molecule has 0 aliphatic carbocycles. The van der Waals surface area contributed by atoms with Crippen LogP contribution in [-0.2, 0) is 4.79 Å². The molecule has 3 N–H and O–H groups in total. The highest BCUT2D eigenvalue weighted by molar-refractivity contribution is 5.95. The zero-order valence-corrected chi connectivity index (χ0v) is 16.9. The SMILES string of the molecule is O=C(/C=C/c1ccccc1N1CCC(NC(=O)c2ccc3cnccc3n2)CC1)NO. The van der Waals surface area contributed by atoms with Crippen molar-refractivity contribution in [2.45, 2.75) is 18.9 Å². The Kier molecular flexibility index (Phi) is 6.18. The quantitative estimate of drug-likeness (QED) is 0.335. The number of carbonyl (C=O) groups excluding carboxylic acids is 2. The van der Waals surface area contributed by atoms with E-state index in [-0.39, 0.29) is 11.9 Å². The fourth-order valence-electron chi connectivity index (χ4n) is 3.74. The summed E-state index contributed by atoms with van der Waals surface area (Å²) in [4.78, 5) is 34.7. The zero-order chi connectivity index (χ0) is 21.6. The average molecular weight is 417 g/mol. The highest BCUT2D eigenvalue weighted by atomic mass is 16.5. The third kappa shape index (κ3) is 4.87. The third-order valence-electron chi connectivity index (χ3n) is 5.35. The number of nitrogens with one attached hydrogen (secondary N) is 2. The average Bonchev–Trinajstić information content (AvgIpc) is 2.83. The summed E-state index contributed by atoms with van der Waals surface area (Å²) < 4.78 is 0. The van der Waals surface area contributed by atoms with Crippen LogP contribution in [-0.4, -0.2) is 46.1 Å². The van der Waals surface area contributed by atoms with Crippen LogP contribution in [0.15, 0.2) is 60.9 Å². The van der Waals surface area contributed by atoms with Crippen molar-refractivity contribution in [3.63, 3.8) is 0 Å². The van der Waals surface area contributed by atoms with Gasteiger partial charge in [0.05, 0.1) is 5.52 Å². The van der Waals surface area contributed by atoms with Crippen LogP contribution >= 0.6 is 0 Å². The first-order chi connectivity index (χ1) is 15.1. The summed E-state index contributed by atoms with van der Waals surface area (Å²) in [6.07, 6.45) is 7.96. The van der Waals surface area contributed by atoms with E-state index in [1.807, 2.05) is 30.3 Å². The first-order valence-corrected chi connectivity index (χ1v) is 10.1. The molecule has 1 saturated heterocycles. The zero-order valence-electron chi connectivity index (χ0n) is 16.9. The van der Waals surface area contributed by atoms with E-state index in [1.54, 1.807) is 36.1 Å². The second kappa shape index (κ2) is 9.36. The van der Waals surface area contributed by atoms with Crippen LogP contribution in [0.5, 0.6) is 0 Å². The number of carbonyl (C=O) groups is 2. The normalized spacial score (nSPS) is 14.7. The van der Waals surface area contributed by atoms with E-state index in [1.165, 1.54) is 6.08 Å². The van der Waals surface area contributed by atoms with Crippen molar-refractivity contribution in [1.82, 2.24) is 20.8 Å². The predicted octanol–water partition coefficient (Wildman–Crippen LogP) is 2.55. The standard InChI is InChI=1S/C23H23N5O3/c29-22(27-31)8-6-16-3-1-2-4-21(16)28-13-10-18(11-14-28)25-23(30)20-7-5-17-15-24-12-9-19(17)26-20/h1-9,12,15,18,31H,10-11,13-14H2,(H,25,30)(H,27,29)/b8-6+. The highest BCUT2D eigenvalue weighted by Gasteiger charge is 2.22. The van der Waals surface area contributed by atoms with Gasteiger partial charge in [-0.05, 0) is 48.7 Å². The molecule has 158 valence electrons. The molecule has 3 aromatic rings. The van der Waals surface area contributed by atoms with E-state index in [9.17, 15) is 9.59 Å². The van der Waals surface area contributed by atoms with Gasteiger partial charge in [0.25, 0.3) is 11.8 Å². The van der Waals surface area contributed by atoms with E-state index in [0.29, 0.717) is 5.69 Å². The van der Waals surface area contributed by atoms with Gasteiger partial charge >= 0.3 is 0 Å². The van der Waals surface area contributed by atoms with Gasteiger partial charge in [0, 0.05) is 48.7 Å². The van der Waals surface area contributed by atoms with Gasteiger partial charge in [0.15, 0.2) is 0 Å². The van der Waals surface area contributed by atoms with Crippen molar-refractivity contribution in [1.29, 1.82) is 0 Å². The molecule has 4 rings (SSSR count). The number of benzene rings is 1. The summed E-state index contributed by atoms with van der Waals surface area (Å²) in [5, 5.41) is 12.7. The topological polar surface area (TPSA) is 107 Å². The van der Waals surface area contributed by atoms with E-state index in [2.05, 4.69) is 20.2 Å². The largest absolute Gasteiger partial charge is 0.371 e. The Bertz CT molecular complexity index is 1120. The minimum Gasteiger partial charge on any atom is -0.371 e. The fraction of sp³-hybridized carbons (Fsp3) is 0.217. The number of para-hydroxylation sites is 1. The molecule has 2 aromatic heterocycles. The fourth-order valence-corrected chi connectivity index (χ4v) is 3.74. The van der Waals surface area contributed by atoms with Crippen molar-refractivity contribution in [2.24, 2.45) is 0 Å². The summed E-state index contributed by atoms with van der Waals surface area (Å²) >= 11 is 0. The lowest BCUT2D eigenvalue weighted by atomic mass is 10.0. The van der Waals surface area contributed by atoms with Gasteiger partial charge in [-0.3, -0.25) is 19.8 Å². The van der Waals surface area contributed by atoms with Crippen LogP contribution in [0, 0.1) is 0 Å². The highest BCUT2D eigenvalue weighted by Crippen LogP contribution is 2.25. The molecular formula is C23H23N5O3. The number of anilines is 1. The maximum absolute atomic E-state index is 12.7. The summed E-state index contributed by atoms with van der Waals surface area (Å²) in [5.41, 5.74) is 4.65. The molecule has 0 saturated carbocycles. The number of aromatic nitrogens is 2. The molecule has 31 heavy (non-hydrogen) atoms. The molecule has 0 bridgehead atoms. The monoisotopic (exact) mass is 417 g/mol. The lowest BCUT2D eigenvalue weighted by molar-refractivity contribution is -0.124. The van der Waals surface area contributed by atoms with Gasteiger partial charge in [-0.25, -0.2) is 10.5 Å². The number of pyridine rings is 2. The second-order valence-corrected chi connectivity index (χ2v) is 7.37.